The number of amides is 1. The molecule has 1 heterocycles. The van der Waals surface area contributed by atoms with E-state index >= 15 is 0 Å². The molecule has 0 bridgehead atoms. The number of hydrogen-bond acceptors (Lipinski definition) is 2. The summed E-state index contributed by atoms with van der Waals surface area (Å²) < 4.78 is 0. The fourth-order valence-electron chi connectivity index (χ4n) is 8.52. The third kappa shape index (κ3) is 3.79. The third-order valence-electron chi connectivity index (χ3n) is 10.2. The van der Waals surface area contributed by atoms with Crippen molar-refractivity contribution >= 4 is 5.91 Å². The Bertz CT molecular complexity index is 591. The van der Waals surface area contributed by atoms with Crippen molar-refractivity contribution in [3.8, 4) is 0 Å². The molecule has 0 spiro atoms. The van der Waals surface area contributed by atoms with Crippen LogP contribution in [0.2, 0.25) is 0 Å². The van der Waals surface area contributed by atoms with Crippen LogP contribution in [0.1, 0.15) is 104 Å². The second-order valence-electron chi connectivity index (χ2n) is 11.6. The zero-order valence-electron chi connectivity index (χ0n) is 19.6. The molecule has 1 saturated heterocycles. The Balaban J connectivity index is 1.41. The van der Waals surface area contributed by atoms with Gasteiger partial charge in [0.15, 0.2) is 0 Å². The van der Waals surface area contributed by atoms with Gasteiger partial charge in [0, 0.05) is 18.5 Å². The highest BCUT2D eigenvalue weighted by Gasteiger charge is 2.60. The van der Waals surface area contributed by atoms with Crippen LogP contribution in [-0.4, -0.2) is 36.5 Å². The molecular weight excluding hydrogens is 356 g/mol. The first-order valence-corrected chi connectivity index (χ1v) is 12.9. The molecule has 7 atom stereocenters. The van der Waals surface area contributed by atoms with E-state index in [1.807, 2.05) is 0 Å². The van der Waals surface area contributed by atoms with Crippen molar-refractivity contribution in [1.82, 2.24) is 10.2 Å². The van der Waals surface area contributed by atoms with E-state index in [2.05, 4.69) is 38.0 Å². The summed E-state index contributed by atoms with van der Waals surface area (Å²) in [6, 6.07) is 1.23. The van der Waals surface area contributed by atoms with Crippen molar-refractivity contribution in [2.45, 2.75) is 116 Å². The fourth-order valence-corrected chi connectivity index (χ4v) is 8.52. The number of unbranched alkanes of at least 4 members (excludes halogenated alkanes) is 4. The Labute approximate surface area is 179 Å². The number of hydrogen-bond donors (Lipinski definition) is 1. The van der Waals surface area contributed by atoms with Crippen LogP contribution in [0.25, 0.3) is 0 Å². The number of nitrogens with one attached hydrogen (secondary N) is 1. The van der Waals surface area contributed by atoms with Crippen LogP contribution in [0.3, 0.4) is 0 Å². The molecule has 166 valence electrons. The Kier molecular flexibility index (Phi) is 6.36. The molecular formula is C26H46N2O. The quantitative estimate of drug-likeness (QED) is 0.548. The SMILES string of the molecule is CCCCCCCN(C)[C@H]1CC[C@H]2[C@@H]3CC[C@H]4NC(=O)CC[C@]4(C)[C@H]3CC[C@]12C. The van der Waals surface area contributed by atoms with Gasteiger partial charge in [-0.1, -0.05) is 46.5 Å². The highest BCUT2D eigenvalue weighted by molar-refractivity contribution is 5.77. The summed E-state index contributed by atoms with van der Waals surface area (Å²) in [7, 11) is 2.42. The van der Waals surface area contributed by atoms with Gasteiger partial charge in [0.25, 0.3) is 0 Å². The largest absolute Gasteiger partial charge is 0.353 e. The van der Waals surface area contributed by atoms with E-state index in [4.69, 9.17) is 0 Å². The predicted octanol–water partition coefficient (Wildman–Crippen LogP) is 5.78. The van der Waals surface area contributed by atoms with Crippen LogP contribution in [-0.2, 0) is 4.79 Å². The second kappa shape index (κ2) is 8.52. The molecule has 0 aromatic rings. The number of carbonyl (C=O) groups is 1. The van der Waals surface area contributed by atoms with E-state index < -0.39 is 0 Å². The molecule has 4 fully saturated rings. The minimum atomic E-state index is 0.299. The molecule has 1 aliphatic heterocycles. The maximum absolute atomic E-state index is 12.0. The fraction of sp³-hybridized carbons (Fsp3) is 0.962. The van der Waals surface area contributed by atoms with Crippen molar-refractivity contribution < 1.29 is 4.79 Å². The van der Waals surface area contributed by atoms with Crippen LogP contribution in [0.5, 0.6) is 0 Å². The van der Waals surface area contributed by atoms with Crippen LogP contribution < -0.4 is 5.32 Å². The van der Waals surface area contributed by atoms with E-state index in [1.165, 1.54) is 77.2 Å². The first-order valence-electron chi connectivity index (χ1n) is 12.9. The van der Waals surface area contributed by atoms with Crippen LogP contribution in [0, 0.1) is 28.6 Å². The molecule has 0 unspecified atom stereocenters. The van der Waals surface area contributed by atoms with Gasteiger partial charge in [0.2, 0.25) is 5.91 Å². The highest BCUT2D eigenvalue weighted by Crippen LogP contribution is 2.64. The van der Waals surface area contributed by atoms with E-state index in [0.29, 0.717) is 22.8 Å². The first-order chi connectivity index (χ1) is 13.9. The van der Waals surface area contributed by atoms with Gasteiger partial charge in [-0.25, -0.2) is 0 Å². The van der Waals surface area contributed by atoms with Gasteiger partial charge >= 0.3 is 0 Å². The number of carbonyl (C=O) groups excluding carboxylic acids is 1. The molecule has 29 heavy (non-hydrogen) atoms. The highest BCUT2D eigenvalue weighted by atomic mass is 16.1. The van der Waals surface area contributed by atoms with Gasteiger partial charge in [-0.2, -0.15) is 0 Å². The molecule has 3 nitrogen and oxygen atoms in total. The molecule has 4 aliphatic rings. The van der Waals surface area contributed by atoms with Crippen molar-refractivity contribution in [3.63, 3.8) is 0 Å². The molecule has 3 saturated carbocycles. The topological polar surface area (TPSA) is 32.3 Å². The molecule has 0 radical (unpaired) electrons. The summed E-state index contributed by atoms with van der Waals surface area (Å²) in [6.45, 7) is 8.76. The molecule has 0 aromatic heterocycles. The van der Waals surface area contributed by atoms with Crippen molar-refractivity contribution in [1.29, 1.82) is 0 Å². The summed E-state index contributed by atoms with van der Waals surface area (Å²) in [6.07, 6.45) is 17.0. The van der Waals surface area contributed by atoms with Crippen molar-refractivity contribution in [2.24, 2.45) is 28.6 Å². The van der Waals surface area contributed by atoms with Gasteiger partial charge in [-0.05, 0) is 93.5 Å². The molecule has 1 N–H and O–H groups in total. The summed E-state index contributed by atoms with van der Waals surface area (Å²) in [5, 5.41) is 3.38. The predicted molar refractivity (Wildman–Crippen MR) is 121 cm³/mol. The van der Waals surface area contributed by atoms with Crippen LogP contribution in [0.15, 0.2) is 0 Å². The zero-order valence-corrected chi connectivity index (χ0v) is 19.6. The molecule has 4 rings (SSSR count). The molecule has 3 heteroatoms. The van der Waals surface area contributed by atoms with Crippen LogP contribution in [0.4, 0.5) is 0 Å². The van der Waals surface area contributed by atoms with Crippen molar-refractivity contribution in [3.05, 3.63) is 0 Å². The Morgan fingerprint density at radius 1 is 0.931 bits per heavy atom. The van der Waals surface area contributed by atoms with Gasteiger partial charge in [0.05, 0.1) is 0 Å². The van der Waals surface area contributed by atoms with Gasteiger partial charge in [-0.15, -0.1) is 0 Å². The number of piperidine rings is 1. The Hall–Kier alpha value is -0.570. The normalized spacial score (nSPS) is 44.2. The third-order valence-corrected chi connectivity index (χ3v) is 10.2. The number of nitrogens with zero attached hydrogens (tertiary/aromatic N) is 1. The van der Waals surface area contributed by atoms with Crippen molar-refractivity contribution in [2.75, 3.05) is 13.6 Å². The summed E-state index contributed by atoms with van der Waals surface area (Å²) >= 11 is 0. The monoisotopic (exact) mass is 402 g/mol. The maximum atomic E-state index is 12.0. The first kappa shape index (κ1) is 21.7. The lowest BCUT2D eigenvalue weighted by Crippen LogP contribution is -2.61. The van der Waals surface area contributed by atoms with E-state index in [-0.39, 0.29) is 0 Å². The summed E-state index contributed by atoms with van der Waals surface area (Å²) in [5.74, 6) is 2.93. The molecule has 1 amide bonds. The summed E-state index contributed by atoms with van der Waals surface area (Å²) in [4.78, 5) is 14.8. The summed E-state index contributed by atoms with van der Waals surface area (Å²) in [5.41, 5.74) is 0.863. The maximum Gasteiger partial charge on any atom is 0.220 e. The van der Waals surface area contributed by atoms with E-state index in [1.54, 1.807) is 0 Å². The Morgan fingerprint density at radius 2 is 1.69 bits per heavy atom. The van der Waals surface area contributed by atoms with Crippen LogP contribution >= 0.6 is 0 Å². The minimum absolute atomic E-state index is 0.299. The average Bonchev–Trinajstić information content (AvgIpc) is 3.05. The van der Waals surface area contributed by atoms with Gasteiger partial charge in [-0.3, -0.25) is 4.79 Å². The lowest BCUT2D eigenvalue weighted by atomic mass is 9.47. The van der Waals surface area contributed by atoms with E-state index in [9.17, 15) is 4.79 Å². The molecule has 3 aliphatic carbocycles. The average molecular weight is 403 g/mol. The van der Waals surface area contributed by atoms with Gasteiger partial charge < -0.3 is 10.2 Å². The number of fused-ring (bicyclic) bond motifs is 5. The second-order valence-corrected chi connectivity index (χ2v) is 11.6. The smallest absolute Gasteiger partial charge is 0.220 e. The van der Waals surface area contributed by atoms with E-state index in [0.717, 1.165) is 36.6 Å². The minimum Gasteiger partial charge on any atom is -0.353 e. The Morgan fingerprint density at radius 3 is 2.48 bits per heavy atom. The van der Waals surface area contributed by atoms with Gasteiger partial charge in [0.1, 0.15) is 0 Å². The number of rotatable bonds is 7. The lowest BCUT2D eigenvalue weighted by Gasteiger charge is -2.60. The zero-order chi connectivity index (χ0) is 20.6. The standard InChI is InChI=1S/C26H46N2O/c1-5-6-7-8-9-18-28(4)23-13-11-20-19-10-12-22-25(2,17-15-24(29)27-22)21(19)14-16-26(20,23)3/h19-23H,5-18H2,1-4H3,(H,27,29)/t19-,20-,21-,22+,23-,25+,26-/m0/s1. The lowest BCUT2D eigenvalue weighted by molar-refractivity contribution is -0.137. The molecule has 0 aromatic carbocycles.